The van der Waals surface area contributed by atoms with Crippen LogP contribution in [0.1, 0.15) is 71.3 Å². The lowest BCUT2D eigenvalue weighted by atomic mass is 9.87. The number of methoxy groups -OCH3 is 1. The molecule has 0 radical (unpaired) electrons. The van der Waals surface area contributed by atoms with Crippen molar-refractivity contribution < 1.29 is 69.5 Å². The molecule has 2 aromatic rings. The number of alkyl halides is 9. The number of nitrogens with zero attached hydrogens (tertiary/aromatic N) is 2. The van der Waals surface area contributed by atoms with Gasteiger partial charge in [-0.25, -0.2) is 9.59 Å². The van der Waals surface area contributed by atoms with Crippen molar-refractivity contribution in [1.82, 2.24) is 4.90 Å². The third kappa shape index (κ3) is 6.99. The predicted molar refractivity (Wildman–Crippen MR) is 127 cm³/mol. The van der Waals surface area contributed by atoms with Gasteiger partial charge in [-0.1, -0.05) is 6.85 Å². The number of amides is 2. The molecule has 0 aliphatic carbocycles. The first-order valence-corrected chi connectivity index (χ1v) is 11.3. The van der Waals surface area contributed by atoms with Crippen LogP contribution in [0.25, 0.3) is 0 Å². The van der Waals surface area contributed by atoms with Gasteiger partial charge < -0.3 is 9.47 Å². The second kappa shape index (κ2) is 11.7. The molecule has 0 fully saturated rings. The summed E-state index contributed by atoms with van der Waals surface area (Å²) in [5, 5.41) is 0. The molecule has 0 saturated heterocycles. The summed E-state index contributed by atoms with van der Waals surface area (Å²) in [7, 11) is 0.705. The van der Waals surface area contributed by atoms with Crippen molar-refractivity contribution in [2.75, 3.05) is 18.6 Å². The van der Waals surface area contributed by atoms with Gasteiger partial charge in [0, 0.05) is 23.6 Å². The first kappa shape index (κ1) is 22.0. The molecule has 0 spiro atoms. The molecule has 3 rings (SSSR count). The average Bonchev–Trinajstić information content (AvgIpc) is 2.94. The highest BCUT2D eigenvalue weighted by molar-refractivity contribution is 5.90. The Bertz CT molecular complexity index is 1530. The summed E-state index contributed by atoms with van der Waals surface area (Å²) in [6.45, 7) is -9.14. The van der Waals surface area contributed by atoms with Crippen LogP contribution < -0.4 is 4.90 Å². The second-order valence-corrected chi connectivity index (χ2v) is 8.62. The molecular formula is C26H25F9N2O4. The van der Waals surface area contributed by atoms with Gasteiger partial charge >= 0.3 is 30.7 Å². The van der Waals surface area contributed by atoms with E-state index in [1.54, 1.807) is 0 Å². The Morgan fingerprint density at radius 3 is 2.07 bits per heavy atom. The molecule has 0 bridgehead atoms. The van der Waals surface area contributed by atoms with Crippen molar-refractivity contribution in [3.63, 3.8) is 0 Å². The summed E-state index contributed by atoms with van der Waals surface area (Å²) in [6.07, 6.45) is -23.8. The molecule has 15 heteroatoms. The predicted octanol–water partition coefficient (Wildman–Crippen LogP) is 8.20. The number of anilines is 1. The standard InChI is InChI=1S/C26H25F9N2O4/c1-4-18-12-21(19-11-15(24(27,28)29)6-7-20(19)37(18)23(39)41-5-2)36(22(38)40-3)13-14-8-16(25(30,31)32)10-17(9-14)26(33,34)35/h6-11,18,21H,4-5,12-13H2,1-3H3/t18-,21+/m1/s1/i1D3,2D3,4D2. The molecule has 226 valence electrons. The van der Waals surface area contributed by atoms with Crippen LogP contribution in [-0.4, -0.2) is 36.8 Å². The molecule has 0 N–H and O–H groups in total. The number of ether oxygens (including phenoxy) is 2. The van der Waals surface area contributed by atoms with E-state index in [1.807, 2.05) is 0 Å². The van der Waals surface area contributed by atoms with Gasteiger partial charge in [0.2, 0.25) is 0 Å². The van der Waals surface area contributed by atoms with Crippen molar-refractivity contribution in [2.45, 2.75) is 63.7 Å². The van der Waals surface area contributed by atoms with E-state index in [9.17, 15) is 49.1 Å². The second-order valence-electron chi connectivity index (χ2n) is 8.62. The molecule has 0 aromatic heterocycles. The number of carbonyl (C=O) groups excluding carboxylic acids is 2. The number of fused-ring (bicyclic) bond motifs is 1. The van der Waals surface area contributed by atoms with Crippen molar-refractivity contribution >= 4 is 17.9 Å². The minimum atomic E-state index is -5.35. The summed E-state index contributed by atoms with van der Waals surface area (Å²) in [6, 6.07) is -2.84. The topological polar surface area (TPSA) is 59.1 Å². The zero-order valence-corrected chi connectivity index (χ0v) is 20.7. The van der Waals surface area contributed by atoms with E-state index in [-0.39, 0.29) is 23.1 Å². The largest absolute Gasteiger partial charge is 0.453 e. The van der Waals surface area contributed by atoms with Crippen LogP contribution in [0.3, 0.4) is 0 Å². The Labute approximate surface area is 239 Å². The molecule has 0 unspecified atom stereocenters. The number of benzene rings is 2. The number of carbonyl (C=O) groups is 2. The number of halogens is 9. The summed E-state index contributed by atoms with van der Waals surface area (Å²) >= 11 is 0. The molecule has 1 aliphatic rings. The van der Waals surface area contributed by atoms with Crippen LogP contribution in [0.15, 0.2) is 36.4 Å². The third-order valence-electron chi connectivity index (χ3n) is 6.08. The van der Waals surface area contributed by atoms with Crippen LogP contribution in [0.4, 0.5) is 54.8 Å². The van der Waals surface area contributed by atoms with Crippen LogP contribution in [0, 0.1) is 0 Å². The fraction of sp³-hybridized carbons (Fsp3) is 0.462. The van der Waals surface area contributed by atoms with E-state index < -0.39 is 116 Å². The SMILES string of the molecule is [2H]C([2H])([2H])COC(=O)N1c2ccc(C(F)(F)F)cc2[C@@H](N(Cc2cc(C(F)(F)F)cc(C(F)(F)F)c2)C(=O)OC)C[C@H]1C([2H])([2H])C([2H])([2H])[2H]. The summed E-state index contributed by atoms with van der Waals surface area (Å²) in [5.74, 6) is 0. The average molecular weight is 609 g/mol. The monoisotopic (exact) mass is 608 g/mol. The maximum Gasteiger partial charge on any atom is 0.416 e. The van der Waals surface area contributed by atoms with Crippen molar-refractivity contribution in [1.29, 1.82) is 0 Å². The van der Waals surface area contributed by atoms with E-state index >= 15 is 0 Å². The number of rotatable bonds is 5. The highest BCUT2D eigenvalue weighted by atomic mass is 19.4. The quantitative estimate of drug-likeness (QED) is 0.321. The molecule has 2 amide bonds. The highest BCUT2D eigenvalue weighted by Crippen LogP contribution is 2.45. The Kier molecular flexibility index (Phi) is 6.27. The minimum absolute atomic E-state index is 0.221. The van der Waals surface area contributed by atoms with Gasteiger partial charge in [-0.15, -0.1) is 0 Å². The summed E-state index contributed by atoms with van der Waals surface area (Å²) < 4.78 is 195. The Balaban J connectivity index is 2.36. The smallest absolute Gasteiger partial charge is 0.416 e. The van der Waals surface area contributed by atoms with Gasteiger partial charge in [0.15, 0.2) is 0 Å². The molecule has 1 aliphatic heterocycles. The van der Waals surface area contributed by atoms with Gasteiger partial charge in [-0.3, -0.25) is 9.80 Å². The molecule has 6 nitrogen and oxygen atoms in total. The van der Waals surface area contributed by atoms with Gasteiger partial charge in [-0.05, 0) is 67.2 Å². The molecule has 0 saturated carbocycles. The van der Waals surface area contributed by atoms with Crippen molar-refractivity contribution in [3.05, 3.63) is 64.2 Å². The maximum absolute atomic E-state index is 13.9. The van der Waals surface area contributed by atoms with E-state index in [0.717, 1.165) is 0 Å². The zero-order valence-electron chi connectivity index (χ0n) is 28.7. The lowest BCUT2D eigenvalue weighted by Crippen LogP contribution is -2.48. The third-order valence-corrected chi connectivity index (χ3v) is 6.08. The van der Waals surface area contributed by atoms with E-state index in [0.29, 0.717) is 30.2 Å². The Morgan fingerprint density at radius 1 is 0.951 bits per heavy atom. The number of hydrogen-bond acceptors (Lipinski definition) is 4. The van der Waals surface area contributed by atoms with Crippen LogP contribution in [0.2, 0.25) is 0 Å². The normalized spacial score (nSPS) is 21.5. The van der Waals surface area contributed by atoms with Crippen molar-refractivity contribution in [3.8, 4) is 0 Å². The van der Waals surface area contributed by atoms with Gasteiger partial charge in [0.05, 0.1) is 42.1 Å². The fourth-order valence-corrected chi connectivity index (χ4v) is 4.33. The molecule has 1 heterocycles. The molecule has 2 atom stereocenters. The lowest BCUT2D eigenvalue weighted by Gasteiger charge is -2.43. The first-order chi connectivity index (χ1) is 22.0. The minimum Gasteiger partial charge on any atom is -0.453 e. The lowest BCUT2D eigenvalue weighted by molar-refractivity contribution is -0.143. The van der Waals surface area contributed by atoms with Crippen LogP contribution in [-0.2, 0) is 34.5 Å². The summed E-state index contributed by atoms with van der Waals surface area (Å²) in [4.78, 5) is 27.0. The van der Waals surface area contributed by atoms with Gasteiger partial charge in [0.25, 0.3) is 0 Å². The molecule has 41 heavy (non-hydrogen) atoms. The maximum atomic E-state index is 13.9. The van der Waals surface area contributed by atoms with E-state index in [1.165, 1.54) is 0 Å². The van der Waals surface area contributed by atoms with Crippen molar-refractivity contribution in [2.24, 2.45) is 0 Å². The molecule has 2 aromatic carbocycles. The summed E-state index contributed by atoms with van der Waals surface area (Å²) in [5.41, 5.74) is -7.40. The molecular weight excluding hydrogens is 575 g/mol. The van der Waals surface area contributed by atoms with E-state index in [2.05, 4.69) is 4.74 Å². The van der Waals surface area contributed by atoms with E-state index in [4.69, 9.17) is 15.7 Å². The fourth-order valence-electron chi connectivity index (χ4n) is 4.33. The zero-order chi connectivity index (χ0) is 37.7. The Morgan fingerprint density at radius 2 is 1.56 bits per heavy atom. The van der Waals surface area contributed by atoms with Gasteiger partial charge in [-0.2, -0.15) is 39.5 Å². The first-order valence-electron chi connectivity index (χ1n) is 15.3. The Hall–Kier alpha value is -3.65. The van der Waals surface area contributed by atoms with Gasteiger partial charge in [0.1, 0.15) is 0 Å². The van der Waals surface area contributed by atoms with Crippen LogP contribution >= 0.6 is 0 Å². The highest BCUT2D eigenvalue weighted by Gasteiger charge is 2.43. The van der Waals surface area contributed by atoms with Crippen LogP contribution in [0.5, 0.6) is 0 Å². The number of hydrogen-bond donors (Lipinski definition) is 0.